The highest BCUT2D eigenvalue weighted by molar-refractivity contribution is 6.35. The first-order chi connectivity index (χ1) is 10.6. The zero-order chi connectivity index (χ0) is 16.4. The van der Waals surface area contributed by atoms with E-state index < -0.39 is 0 Å². The first kappa shape index (κ1) is 19.1. The summed E-state index contributed by atoms with van der Waals surface area (Å²) in [5.74, 6) is 0.644. The maximum Gasteiger partial charge on any atom is 0.220 e. The molecule has 0 aliphatic heterocycles. The third-order valence-corrected chi connectivity index (χ3v) is 3.87. The molecule has 1 aromatic rings. The molecule has 1 rings (SSSR count). The number of halogens is 2. The van der Waals surface area contributed by atoms with Crippen molar-refractivity contribution < 1.29 is 9.53 Å². The summed E-state index contributed by atoms with van der Waals surface area (Å²) >= 11 is 11.8. The SMILES string of the molecule is CCN(CC)CCNC(=O)CCCOc1ccc(Cl)cc1Cl. The quantitative estimate of drug-likeness (QED) is 0.658. The molecule has 0 aromatic heterocycles. The van der Waals surface area contributed by atoms with Gasteiger partial charge in [-0.05, 0) is 37.7 Å². The highest BCUT2D eigenvalue weighted by atomic mass is 35.5. The van der Waals surface area contributed by atoms with E-state index >= 15 is 0 Å². The van der Waals surface area contributed by atoms with E-state index in [0.29, 0.717) is 41.8 Å². The molecule has 124 valence electrons. The first-order valence-electron chi connectivity index (χ1n) is 7.63. The molecule has 22 heavy (non-hydrogen) atoms. The summed E-state index contributed by atoms with van der Waals surface area (Å²) in [6.45, 7) is 8.25. The van der Waals surface area contributed by atoms with Crippen LogP contribution in [0, 0.1) is 0 Å². The van der Waals surface area contributed by atoms with Gasteiger partial charge < -0.3 is 15.0 Å². The number of benzene rings is 1. The van der Waals surface area contributed by atoms with Gasteiger partial charge in [0.05, 0.1) is 11.6 Å². The van der Waals surface area contributed by atoms with Crippen LogP contribution in [-0.4, -0.2) is 43.6 Å². The van der Waals surface area contributed by atoms with Gasteiger partial charge in [0, 0.05) is 24.5 Å². The molecule has 0 unspecified atom stereocenters. The molecule has 0 aliphatic rings. The Kier molecular flexibility index (Phi) is 9.28. The van der Waals surface area contributed by atoms with Crippen LogP contribution in [0.25, 0.3) is 0 Å². The summed E-state index contributed by atoms with van der Waals surface area (Å²) in [6.07, 6.45) is 1.10. The molecule has 4 nitrogen and oxygen atoms in total. The van der Waals surface area contributed by atoms with Gasteiger partial charge in [-0.1, -0.05) is 37.0 Å². The van der Waals surface area contributed by atoms with Crippen LogP contribution in [0.3, 0.4) is 0 Å². The summed E-state index contributed by atoms with van der Waals surface area (Å²) < 4.78 is 5.54. The fraction of sp³-hybridized carbons (Fsp3) is 0.562. The molecular weight excluding hydrogens is 323 g/mol. The first-order valence-corrected chi connectivity index (χ1v) is 8.39. The van der Waals surface area contributed by atoms with Crippen LogP contribution in [-0.2, 0) is 4.79 Å². The lowest BCUT2D eigenvalue weighted by Crippen LogP contribution is -2.34. The monoisotopic (exact) mass is 346 g/mol. The summed E-state index contributed by atoms with van der Waals surface area (Å²) in [7, 11) is 0. The van der Waals surface area contributed by atoms with Gasteiger partial charge in [0.1, 0.15) is 5.75 Å². The molecular formula is C16H24Cl2N2O2. The molecule has 0 fully saturated rings. The predicted molar refractivity (Wildman–Crippen MR) is 92.0 cm³/mol. The maximum atomic E-state index is 11.7. The number of hydrogen-bond acceptors (Lipinski definition) is 3. The molecule has 0 radical (unpaired) electrons. The van der Waals surface area contributed by atoms with E-state index in [1.54, 1.807) is 18.2 Å². The van der Waals surface area contributed by atoms with Gasteiger partial charge in [-0.2, -0.15) is 0 Å². The molecule has 0 bridgehead atoms. The number of rotatable bonds is 10. The Morgan fingerprint density at radius 3 is 2.64 bits per heavy atom. The van der Waals surface area contributed by atoms with Crippen molar-refractivity contribution in [3.05, 3.63) is 28.2 Å². The van der Waals surface area contributed by atoms with Crippen LogP contribution >= 0.6 is 23.2 Å². The Balaban J connectivity index is 2.14. The van der Waals surface area contributed by atoms with Gasteiger partial charge >= 0.3 is 0 Å². The van der Waals surface area contributed by atoms with E-state index in [2.05, 4.69) is 24.1 Å². The van der Waals surface area contributed by atoms with Crippen LogP contribution in [0.1, 0.15) is 26.7 Å². The lowest BCUT2D eigenvalue weighted by atomic mass is 10.3. The number of ether oxygens (including phenoxy) is 1. The number of amides is 1. The number of nitrogens with one attached hydrogen (secondary N) is 1. The van der Waals surface area contributed by atoms with Crippen molar-refractivity contribution in [2.75, 3.05) is 32.8 Å². The standard InChI is InChI=1S/C16H24Cl2N2O2/c1-3-20(4-2)10-9-19-16(21)6-5-11-22-15-8-7-13(17)12-14(15)18/h7-8,12H,3-6,9-11H2,1-2H3,(H,19,21). The van der Waals surface area contributed by atoms with Crippen LogP contribution in [0.4, 0.5) is 0 Å². The Morgan fingerprint density at radius 1 is 1.27 bits per heavy atom. The van der Waals surface area contributed by atoms with Crippen molar-refractivity contribution >= 4 is 29.1 Å². The van der Waals surface area contributed by atoms with Gasteiger partial charge in [-0.15, -0.1) is 0 Å². The zero-order valence-corrected chi connectivity index (χ0v) is 14.7. The van der Waals surface area contributed by atoms with Gasteiger partial charge in [-0.3, -0.25) is 4.79 Å². The normalized spacial score (nSPS) is 10.8. The fourth-order valence-electron chi connectivity index (χ4n) is 1.99. The van der Waals surface area contributed by atoms with E-state index in [9.17, 15) is 4.79 Å². The molecule has 0 aliphatic carbocycles. The smallest absolute Gasteiger partial charge is 0.220 e. The van der Waals surface area contributed by atoms with Gasteiger partial charge in [0.2, 0.25) is 5.91 Å². The second-order valence-electron chi connectivity index (χ2n) is 4.90. The van der Waals surface area contributed by atoms with E-state index in [-0.39, 0.29) is 5.91 Å². The summed E-state index contributed by atoms with van der Waals surface area (Å²) in [5, 5.41) is 3.98. The van der Waals surface area contributed by atoms with E-state index in [0.717, 1.165) is 19.6 Å². The average molecular weight is 347 g/mol. The van der Waals surface area contributed by atoms with Crippen LogP contribution in [0.2, 0.25) is 10.0 Å². The Hall–Kier alpha value is -0.970. The Labute approximate surface area is 142 Å². The topological polar surface area (TPSA) is 41.6 Å². The van der Waals surface area contributed by atoms with Crippen molar-refractivity contribution in [3.63, 3.8) is 0 Å². The minimum atomic E-state index is 0.0537. The highest BCUT2D eigenvalue weighted by Crippen LogP contribution is 2.27. The largest absolute Gasteiger partial charge is 0.492 e. The molecule has 6 heteroatoms. The second kappa shape index (κ2) is 10.7. The van der Waals surface area contributed by atoms with Crippen molar-refractivity contribution in [1.82, 2.24) is 10.2 Å². The van der Waals surface area contributed by atoms with Crippen molar-refractivity contribution in [1.29, 1.82) is 0 Å². The molecule has 0 saturated heterocycles. The third-order valence-electron chi connectivity index (χ3n) is 3.34. The third kappa shape index (κ3) is 7.34. The van der Waals surface area contributed by atoms with Crippen LogP contribution in [0.5, 0.6) is 5.75 Å². The van der Waals surface area contributed by atoms with Gasteiger partial charge in [-0.25, -0.2) is 0 Å². The maximum absolute atomic E-state index is 11.7. The summed E-state index contributed by atoms with van der Waals surface area (Å²) in [5.41, 5.74) is 0. The zero-order valence-electron chi connectivity index (χ0n) is 13.2. The number of carbonyl (C=O) groups is 1. The number of likely N-dealkylation sites (N-methyl/N-ethyl adjacent to an activating group) is 1. The summed E-state index contributed by atoms with van der Waals surface area (Å²) in [6, 6.07) is 5.09. The van der Waals surface area contributed by atoms with E-state index in [4.69, 9.17) is 27.9 Å². The minimum Gasteiger partial charge on any atom is -0.492 e. The second-order valence-corrected chi connectivity index (χ2v) is 5.75. The van der Waals surface area contributed by atoms with Crippen molar-refractivity contribution in [3.8, 4) is 5.75 Å². The molecule has 0 saturated carbocycles. The molecule has 0 atom stereocenters. The van der Waals surface area contributed by atoms with Crippen molar-refractivity contribution in [2.45, 2.75) is 26.7 Å². The lowest BCUT2D eigenvalue weighted by molar-refractivity contribution is -0.121. The predicted octanol–water partition coefficient (Wildman–Crippen LogP) is 3.61. The summed E-state index contributed by atoms with van der Waals surface area (Å²) in [4.78, 5) is 14.0. The average Bonchev–Trinajstić information content (AvgIpc) is 2.50. The fourth-order valence-corrected chi connectivity index (χ4v) is 2.45. The number of carbonyl (C=O) groups excluding carboxylic acids is 1. The molecule has 1 N–H and O–H groups in total. The molecule has 0 spiro atoms. The van der Waals surface area contributed by atoms with E-state index in [1.165, 1.54) is 0 Å². The minimum absolute atomic E-state index is 0.0537. The Bertz CT molecular complexity index is 465. The van der Waals surface area contributed by atoms with Gasteiger partial charge in [0.25, 0.3) is 0 Å². The highest BCUT2D eigenvalue weighted by Gasteiger charge is 2.05. The lowest BCUT2D eigenvalue weighted by Gasteiger charge is -2.17. The molecule has 0 heterocycles. The van der Waals surface area contributed by atoms with E-state index in [1.807, 2.05) is 0 Å². The van der Waals surface area contributed by atoms with Crippen LogP contribution in [0.15, 0.2) is 18.2 Å². The van der Waals surface area contributed by atoms with Crippen LogP contribution < -0.4 is 10.1 Å². The number of hydrogen-bond donors (Lipinski definition) is 1. The van der Waals surface area contributed by atoms with Gasteiger partial charge in [0.15, 0.2) is 0 Å². The molecule has 1 aromatic carbocycles. The molecule has 1 amide bonds. The Morgan fingerprint density at radius 2 is 2.00 bits per heavy atom. The van der Waals surface area contributed by atoms with Crippen molar-refractivity contribution in [2.24, 2.45) is 0 Å². The number of nitrogens with zero attached hydrogens (tertiary/aromatic N) is 1.